The molecule has 2 aliphatic carbocycles. The number of likely N-dealkylation sites (N-methyl/N-ethyl adjacent to an activating group) is 1. The van der Waals surface area contributed by atoms with Crippen molar-refractivity contribution in [3.63, 3.8) is 0 Å². The van der Waals surface area contributed by atoms with Gasteiger partial charge in [0.2, 0.25) is 15.8 Å². The van der Waals surface area contributed by atoms with E-state index < -0.39 is 38.5 Å². The largest absolute Gasteiger partial charge is 0.508 e. The van der Waals surface area contributed by atoms with Crippen molar-refractivity contribution in [3.8, 4) is 5.75 Å². The highest BCUT2D eigenvalue weighted by Gasteiger charge is 2.46. The number of rotatable bonds is 6. The predicted octanol–water partition coefficient (Wildman–Crippen LogP) is 0.957. The Morgan fingerprint density at radius 1 is 1.26 bits per heavy atom. The van der Waals surface area contributed by atoms with Crippen LogP contribution in [-0.4, -0.2) is 70.8 Å². The number of fused-ring (bicyclic) bond motifs is 1. The summed E-state index contributed by atoms with van der Waals surface area (Å²) in [4.78, 5) is 39.0. The summed E-state index contributed by atoms with van der Waals surface area (Å²) in [6.45, 7) is 1.47. The lowest BCUT2D eigenvalue weighted by atomic mass is 9.99. The van der Waals surface area contributed by atoms with E-state index >= 15 is 0 Å². The van der Waals surface area contributed by atoms with Crippen molar-refractivity contribution >= 4 is 33.5 Å². The zero-order valence-corrected chi connectivity index (χ0v) is 17.8. The zero-order valence-electron chi connectivity index (χ0n) is 17.0. The minimum Gasteiger partial charge on any atom is -0.508 e. The SMILES string of the molecule is CN1C(=O)C2=CC(S(=O)(=O)NC3(C)CC3)C=CC2=[N+](CC(=O)c2ccc(O)cc2)C1=O. The highest BCUT2D eigenvalue weighted by molar-refractivity contribution is 7.90. The van der Waals surface area contributed by atoms with Gasteiger partial charge in [0.15, 0.2) is 6.54 Å². The van der Waals surface area contributed by atoms with Crippen LogP contribution in [0.15, 0.2) is 48.1 Å². The van der Waals surface area contributed by atoms with E-state index in [9.17, 15) is 27.9 Å². The Balaban J connectivity index is 1.68. The Bertz CT molecular complexity index is 1190. The van der Waals surface area contributed by atoms with E-state index in [0.29, 0.717) is 5.56 Å². The van der Waals surface area contributed by atoms with Gasteiger partial charge in [0.05, 0.1) is 7.05 Å². The van der Waals surface area contributed by atoms with E-state index in [0.717, 1.165) is 22.3 Å². The molecule has 1 unspecified atom stereocenters. The van der Waals surface area contributed by atoms with Crippen LogP contribution in [0.2, 0.25) is 0 Å². The lowest BCUT2D eigenvalue weighted by Crippen LogP contribution is -2.51. The number of nitrogens with zero attached hydrogens (tertiary/aromatic N) is 2. The minimum atomic E-state index is -3.76. The number of phenols is 1. The number of carbonyl (C=O) groups is 3. The monoisotopic (exact) mass is 444 g/mol. The maximum absolute atomic E-state index is 12.7. The van der Waals surface area contributed by atoms with Crippen molar-refractivity contribution in [1.29, 1.82) is 0 Å². The number of imide groups is 1. The van der Waals surface area contributed by atoms with Gasteiger partial charge in [0, 0.05) is 11.1 Å². The second-order valence-corrected chi connectivity index (χ2v) is 10.0. The summed E-state index contributed by atoms with van der Waals surface area (Å²) in [7, 11) is -2.48. The van der Waals surface area contributed by atoms with Crippen LogP contribution in [0.4, 0.5) is 4.79 Å². The molecule has 4 rings (SSSR count). The highest BCUT2D eigenvalue weighted by atomic mass is 32.2. The Hall–Kier alpha value is -3.11. The van der Waals surface area contributed by atoms with E-state index in [1.54, 1.807) is 0 Å². The molecule has 1 atom stereocenters. The summed E-state index contributed by atoms with van der Waals surface area (Å²) < 4.78 is 29.3. The molecule has 3 amide bonds. The van der Waals surface area contributed by atoms with Gasteiger partial charge in [-0.1, -0.05) is 6.08 Å². The fourth-order valence-electron chi connectivity index (χ4n) is 3.48. The summed E-state index contributed by atoms with van der Waals surface area (Å²) in [5, 5.41) is 8.32. The van der Waals surface area contributed by atoms with Gasteiger partial charge in [-0.3, -0.25) is 4.79 Å². The Kier molecular flexibility index (Phi) is 4.94. The van der Waals surface area contributed by atoms with Crippen molar-refractivity contribution < 1.29 is 32.5 Å². The van der Waals surface area contributed by atoms with Crippen LogP contribution >= 0.6 is 0 Å². The Labute approximate surface area is 179 Å². The van der Waals surface area contributed by atoms with E-state index in [-0.39, 0.29) is 23.6 Å². The summed E-state index contributed by atoms with van der Waals surface area (Å²) >= 11 is 0. The summed E-state index contributed by atoms with van der Waals surface area (Å²) in [5.41, 5.74) is 0.0725. The zero-order chi connectivity index (χ0) is 22.6. The van der Waals surface area contributed by atoms with Crippen LogP contribution in [0.1, 0.15) is 30.1 Å². The van der Waals surface area contributed by atoms with Gasteiger partial charge < -0.3 is 5.11 Å². The van der Waals surface area contributed by atoms with Crippen LogP contribution < -0.4 is 4.72 Å². The molecule has 2 N–H and O–H groups in total. The first-order chi connectivity index (χ1) is 14.5. The molecule has 0 aromatic heterocycles. The molecule has 0 spiro atoms. The van der Waals surface area contributed by atoms with Gasteiger partial charge in [0.25, 0.3) is 0 Å². The first-order valence-corrected chi connectivity index (χ1v) is 11.3. The molecule has 3 aliphatic rings. The number of carbonyl (C=O) groups excluding carboxylic acids is 3. The van der Waals surface area contributed by atoms with Gasteiger partial charge in [0.1, 0.15) is 22.3 Å². The van der Waals surface area contributed by atoms with Crippen molar-refractivity contribution in [2.24, 2.45) is 0 Å². The second kappa shape index (κ2) is 7.24. The number of hydrogen-bond acceptors (Lipinski definition) is 6. The first-order valence-electron chi connectivity index (χ1n) is 9.73. The van der Waals surface area contributed by atoms with Gasteiger partial charge in [-0.15, -0.1) is 0 Å². The predicted molar refractivity (Wildman–Crippen MR) is 111 cm³/mol. The second-order valence-electron chi connectivity index (χ2n) is 8.20. The molecule has 1 saturated carbocycles. The van der Waals surface area contributed by atoms with Crippen LogP contribution in [-0.2, 0) is 14.8 Å². The van der Waals surface area contributed by atoms with Gasteiger partial charge >= 0.3 is 11.9 Å². The molecule has 1 fully saturated rings. The number of phenolic OH excluding ortho intramolecular Hbond substituents is 1. The number of benzene rings is 1. The number of nitrogens with one attached hydrogen (secondary N) is 1. The number of allylic oxidation sites excluding steroid dienone is 1. The molecule has 1 aromatic rings. The van der Waals surface area contributed by atoms with Gasteiger partial charge in [-0.2, -0.15) is 14.3 Å². The molecule has 9 nitrogen and oxygen atoms in total. The summed E-state index contributed by atoms with van der Waals surface area (Å²) in [5.74, 6) is -1.02. The molecule has 0 saturated heterocycles. The van der Waals surface area contributed by atoms with Crippen LogP contribution in [0.3, 0.4) is 0 Å². The molecule has 1 aromatic carbocycles. The Morgan fingerprint density at radius 2 is 1.90 bits per heavy atom. The van der Waals surface area contributed by atoms with E-state index in [4.69, 9.17) is 0 Å². The number of aromatic hydroxyl groups is 1. The quantitative estimate of drug-likeness (QED) is 0.498. The standard InChI is InChI=1S/C21H21N3O6S/c1-21(9-10-21)22-31(29,30)15-7-8-17-16(11-15)19(27)23(2)20(28)24(17)12-18(26)13-3-5-14(25)6-4-13/h3-8,11,15,22H,9-10,12H2,1-2H3/p+1. The third-order valence-corrected chi connectivity index (χ3v) is 7.42. The molecule has 10 heteroatoms. The van der Waals surface area contributed by atoms with Crippen molar-refractivity contribution in [3.05, 3.63) is 53.6 Å². The average molecular weight is 444 g/mol. The molecule has 1 heterocycles. The maximum Gasteiger partial charge on any atom is 0.501 e. The fourth-order valence-corrected chi connectivity index (χ4v) is 5.11. The van der Waals surface area contributed by atoms with Gasteiger partial charge in [-0.05, 0) is 56.2 Å². The first kappa shape index (κ1) is 21.1. The Morgan fingerprint density at radius 3 is 2.52 bits per heavy atom. The number of sulfonamides is 1. The fraction of sp³-hybridized carbons (Fsp3) is 0.333. The number of ketones is 1. The van der Waals surface area contributed by atoms with Gasteiger partial charge in [-0.25, -0.2) is 17.9 Å². The van der Waals surface area contributed by atoms with Crippen LogP contribution in [0.25, 0.3) is 0 Å². The summed E-state index contributed by atoms with van der Waals surface area (Å²) in [6, 6.07) is 4.92. The van der Waals surface area contributed by atoms with E-state index in [1.807, 2.05) is 6.92 Å². The van der Waals surface area contributed by atoms with E-state index in [1.165, 1.54) is 49.5 Å². The number of hydrogen-bond donors (Lipinski definition) is 2. The minimum absolute atomic E-state index is 0.00616. The molecule has 31 heavy (non-hydrogen) atoms. The third-order valence-electron chi connectivity index (χ3n) is 5.63. The molecular formula is C21H22N3O6S+. The maximum atomic E-state index is 12.7. The van der Waals surface area contributed by atoms with E-state index in [2.05, 4.69) is 4.72 Å². The normalized spacial score (nSPS) is 22.3. The lowest BCUT2D eigenvalue weighted by molar-refractivity contribution is -0.421. The molecule has 1 aliphatic heterocycles. The topological polar surface area (TPSA) is 124 Å². The highest BCUT2D eigenvalue weighted by Crippen LogP contribution is 2.36. The summed E-state index contributed by atoms with van der Waals surface area (Å²) in [6.07, 6.45) is 5.62. The van der Waals surface area contributed by atoms with Crippen molar-refractivity contribution in [2.75, 3.05) is 13.6 Å². The number of amides is 3. The molecule has 162 valence electrons. The van der Waals surface area contributed by atoms with Crippen molar-refractivity contribution in [1.82, 2.24) is 9.62 Å². The number of urea groups is 1. The van der Waals surface area contributed by atoms with Crippen molar-refractivity contribution in [2.45, 2.75) is 30.6 Å². The molecule has 0 radical (unpaired) electrons. The lowest BCUT2D eigenvalue weighted by Gasteiger charge is -2.24. The van der Waals surface area contributed by atoms with Crippen LogP contribution in [0, 0.1) is 0 Å². The number of Topliss-reactive ketones (excluding diaryl/α,β-unsaturated/α-hetero) is 1. The third kappa shape index (κ3) is 3.96. The van der Waals surface area contributed by atoms with Crippen LogP contribution in [0.5, 0.6) is 5.75 Å². The average Bonchev–Trinajstić information content (AvgIpc) is 3.45. The molecular weight excluding hydrogens is 422 g/mol. The molecule has 0 bridgehead atoms. The smallest absolute Gasteiger partial charge is 0.501 e.